The first kappa shape index (κ1) is 29.9. The van der Waals surface area contributed by atoms with Crippen LogP contribution in [0.15, 0.2) is 59.8 Å². The molecule has 4 rings (SSSR count). The first-order chi connectivity index (χ1) is 19.6. The summed E-state index contributed by atoms with van der Waals surface area (Å²) in [5.74, 6) is -1.83. The van der Waals surface area contributed by atoms with E-state index < -0.39 is 34.2 Å². The van der Waals surface area contributed by atoms with Gasteiger partial charge in [0.05, 0.1) is 35.8 Å². The number of hydrogen-bond donors (Lipinski definition) is 2. The number of aliphatic carboxylic acids is 1. The van der Waals surface area contributed by atoms with E-state index in [-0.39, 0.29) is 17.7 Å². The van der Waals surface area contributed by atoms with Crippen molar-refractivity contribution < 1.29 is 29.1 Å². The van der Waals surface area contributed by atoms with Crippen molar-refractivity contribution >= 4 is 23.3 Å². The van der Waals surface area contributed by atoms with Gasteiger partial charge < -0.3 is 24.8 Å². The number of allylic oxidation sites excluding steroid dienone is 1. The number of nitro benzene ring substituents is 1. The number of benzene rings is 2. The lowest BCUT2D eigenvalue weighted by Gasteiger charge is -2.47. The Morgan fingerprint density at radius 3 is 2.46 bits per heavy atom. The van der Waals surface area contributed by atoms with Crippen molar-refractivity contribution in [2.24, 2.45) is 5.41 Å². The van der Waals surface area contributed by atoms with Gasteiger partial charge in [0, 0.05) is 56.0 Å². The maximum absolute atomic E-state index is 13.2. The Balaban J connectivity index is 1.58. The molecule has 3 atom stereocenters. The molecule has 2 aromatic rings. The molecule has 0 aliphatic carbocycles. The second kappa shape index (κ2) is 12.6. The topological polar surface area (TPSA) is 134 Å². The maximum atomic E-state index is 13.2. The summed E-state index contributed by atoms with van der Waals surface area (Å²) in [5.41, 5.74) is 0.531. The van der Waals surface area contributed by atoms with Gasteiger partial charge in [-0.25, -0.2) is 4.79 Å². The van der Waals surface area contributed by atoms with Crippen LogP contribution in [0, 0.1) is 15.5 Å². The number of nitrogens with one attached hydrogen (secondary N) is 1. The highest BCUT2D eigenvalue weighted by molar-refractivity contribution is 5.94. The van der Waals surface area contributed by atoms with Gasteiger partial charge in [-0.15, -0.1) is 0 Å². The van der Waals surface area contributed by atoms with Crippen LogP contribution < -0.4 is 15.0 Å². The molecule has 1 saturated heterocycles. The van der Waals surface area contributed by atoms with Gasteiger partial charge in [0.1, 0.15) is 5.75 Å². The number of hydrogen-bond acceptors (Lipinski definition) is 9. The van der Waals surface area contributed by atoms with Crippen LogP contribution in [0.5, 0.6) is 5.75 Å². The summed E-state index contributed by atoms with van der Waals surface area (Å²) in [7, 11) is 2.91. The molecule has 0 radical (unpaired) electrons. The second-order valence-electron chi connectivity index (χ2n) is 10.6. The van der Waals surface area contributed by atoms with Gasteiger partial charge in [-0.2, -0.15) is 0 Å². The molecule has 1 fully saturated rings. The Kier molecular flexibility index (Phi) is 9.17. The Bertz CT molecular complexity index is 1320. The highest BCUT2D eigenvalue weighted by Crippen LogP contribution is 2.51. The summed E-state index contributed by atoms with van der Waals surface area (Å²) in [6.45, 7) is 7.43. The van der Waals surface area contributed by atoms with E-state index in [4.69, 9.17) is 9.47 Å². The number of anilines is 1. The molecule has 11 nitrogen and oxygen atoms in total. The van der Waals surface area contributed by atoms with Crippen molar-refractivity contribution in [2.75, 3.05) is 51.8 Å². The molecule has 41 heavy (non-hydrogen) atoms. The molecule has 0 aromatic heterocycles. The summed E-state index contributed by atoms with van der Waals surface area (Å²) < 4.78 is 10.6. The highest BCUT2D eigenvalue weighted by Gasteiger charge is 2.56. The molecule has 0 spiro atoms. The number of ether oxygens (including phenoxy) is 2. The molecule has 2 aliphatic heterocycles. The first-order valence-electron chi connectivity index (χ1n) is 13.8. The number of carboxylic acids is 1. The van der Waals surface area contributed by atoms with Gasteiger partial charge in [-0.1, -0.05) is 24.3 Å². The molecule has 2 N–H and O–H groups in total. The highest BCUT2D eigenvalue weighted by atomic mass is 16.6. The Morgan fingerprint density at radius 1 is 1.12 bits per heavy atom. The number of piperazine rings is 1. The number of non-ortho nitro benzene ring substituents is 1. The van der Waals surface area contributed by atoms with Gasteiger partial charge >= 0.3 is 11.9 Å². The Hall–Kier alpha value is -4.12. The fourth-order valence-corrected chi connectivity index (χ4v) is 6.39. The number of nitro groups is 1. The molecule has 3 unspecified atom stereocenters. The van der Waals surface area contributed by atoms with Crippen molar-refractivity contribution in [3.8, 4) is 5.75 Å². The van der Waals surface area contributed by atoms with E-state index in [0.717, 1.165) is 37.6 Å². The number of esters is 1. The van der Waals surface area contributed by atoms with Crippen molar-refractivity contribution in [1.82, 2.24) is 10.2 Å². The van der Waals surface area contributed by atoms with Gasteiger partial charge in [-0.3, -0.25) is 19.8 Å². The number of carbonyl (C=O) groups is 2. The van der Waals surface area contributed by atoms with Gasteiger partial charge in [0.2, 0.25) is 0 Å². The van der Waals surface area contributed by atoms with E-state index in [9.17, 15) is 24.8 Å². The standard InChI is InChI=1S/C30H38N4O7/c1-20-26(28(35)41-4)27(22-9-7-10-23(19-22)34(38)39)30(29(36)37,21(2)31-20)13-8-14-32-15-17-33(18-16-32)24-11-5-6-12-25(24)40-3/h5-7,9-12,19,21,27,31H,8,13-18H2,1-4H3,(H,36,37). The largest absolute Gasteiger partial charge is 0.495 e. The van der Waals surface area contributed by atoms with Crippen LogP contribution in [0.25, 0.3) is 0 Å². The predicted molar refractivity (Wildman–Crippen MR) is 154 cm³/mol. The third kappa shape index (κ3) is 5.85. The van der Waals surface area contributed by atoms with Crippen molar-refractivity contribution in [1.29, 1.82) is 0 Å². The van der Waals surface area contributed by atoms with Crippen LogP contribution in [0.4, 0.5) is 11.4 Å². The van der Waals surface area contributed by atoms with Crippen molar-refractivity contribution in [3.63, 3.8) is 0 Å². The summed E-state index contributed by atoms with van der Waals surface area (Å²) in [6.07, 6.45) is 0.816. The molecule has 2 aliphatic rings. The van der Waals surface area contributed by atoms with Gasteiger partial charge in [0.15, 0.2) is 0 Å². The van der Waals surface area contributed by atoms with E-state index >= 15 is 0 Å². The number of carboxylic acid groups (broad SMARTS) is 1. The Labute approximate surface area is 239 Å². The quantitative estimate of drug-likeness (QED) is 0.248. The van der Waals surface area contributed by atoms with Crippen LogP contribution in [0.1, 0.15) is 38.2 Å². The van der Waals surface area contributed by atoms with E-state index in [1.807, 2.05) is 24.3 Å². The predicted octanol–water partition coefficient (Wildman–Crippen LogP) is 3.80. The van der Waals surface area contributed by atoms with Crippen LogP contribution in [0.2, 0.25) is 0 Å². The summed E-state index contributed by atoms with van der Waals surface area (Å²) in [4.78, 5) is 41.9. The summed E-state index contributed by atoms with van der Waals surface area (Å²) in [6, 6.07) is 13.3. The minimum absolute atomic E-state index is 0.164. The summed E-state index contributed by atoms with van der Waals surface area (Å²) >= 11 is 0. The molecule has 11 heteroatoms. The van der Waals surface area contributed by atoms with Crippen molar-refractivity contribution in [3.05, 3.63) is 75.5 Å². The lowest BCUT2D eigenvalue weighted by atomic mass is 9.60. The molecular formula is C30H38N4O7. The first-order valence-corrected chi connectivity index (χ1v) is 13.8. The van der Waals surface area contributed by atoms with Gasteiger partial charge in [-0.05, 0) is 50.9 Å². The zero-order valence-electron chi connectivity index (χ0n) is 24.0. The van der Waals surface area contributed by atoms with Crippen LogP contribution in [-0.2, 0) is 14.3 Å². The normalized spacial score (nSPS) is 23.1. The van der Waals surface area contributed by atoms with E-state index in [0.29, 0.717) is 24.2 Å². The fourth-order valence-electron chi connectivity index (χ4n) is 6.39. The summed E-state index contributed by atoms with van der Waals surface area (Å²) in [5, 5.41) is 25.6. The molecular weight excluding hydrogens is 528 g/mol. The third-order valence-corrected chi connectivity index (χ3v) is 8.49. The molecule has 0 bridgehead atoms. The number of para-hydroxylation sites is 2. The molecule has 0 amide bonds. The van der Waals surface area contributed by atoms with E-state index in [2.05, 4.69) is 15.1 Å². The molecule has 0 saturated carbocycles. The fraction of sp³-hybridized carbons (Fsp3) is 0.467. The number of nitrogens with zero attached hydrogens (tertiary/aromatic N) is 3. The zero-order chi connectivity index (χ0) is 29.7. The smallest absolute Gasteiger partial charge is 0.336 e. The lowest BCUT2D eigenvalue weighted by molar-refractivity contribution is -0.384. The van der Waals surface area contributed by atoms with Crippen LogP contribution in [-0.4, -0.2) is 79.9 Å². The van der Waals surface area contributed by atoms with Crippen LogP contribution in [0.3, 0.4) is 0 Å². The van der Waals surface area contributed by atoms with Crippen LogP contribution >= 0.6 is 0 Å². The molecule has 220 valence electrons. The number of methoxy groups -OCH3 is 2. The third-order valence-electron chi connectivity index (χ3n) is 8.49. The second-order valence-corrected chi connectivity index (χ2v) is 10.6. The SMILES string of the molecule is COC(=O)C1=C(C)NC(C)C(CCCN2CCN(c3ccccc3OC)CC2)(C(=O)O)C1c1cccc([N+](=O)[O-])c1. The Morgan fingerprint density at radius 2 is 1.83 bits per heavy atom. The number of rotatable bonds is 10. The van der Waals surface area contributed by atoms with E-state index in [1.54, 1.807) is 27.0 Å². The molecule has 2 aromatic carbocycles. The average molecular weight is 567 g/mol. The lowest BCUT2D eigenvalue weighted by Crippen LogP contribution is -2.57. The molecule has 2 heterocycles. The van der Waals surface area contributed by atoms with E-state index in [1.165, 1.54) is 25.3 Å². The average Bonchev–Trinajstić information content (AvgIpc) is 2.97. The van der Waals surface area contributed by atoms with Crippen molar-refractivity contribution in [2.45, 2.75) is 38.6 Å². The number of carbonyl (C=O) groups excluding carboxylic acids is 1. The monoisotopic (exact) mass is 566 g/mol. The zero-order valence-corrected chi connectivity index (χ0v) is 24.0. The minimum Gasteiger partial charge on any atom is -0.495 e. The minimum atomic E-state index is -1.45. The van der Waals surface area contributed by atoms with Gasteiger partial charge in [0.25, 0.3) is 5.69 Å². The maximum Gasteiger partial charge on any atom is 0.336 e.